The Morgan fingerprint density at radius 3 is 2.67 bits per heavy atom. The van der Waals surface area contributed by atoms with E-state index in [1.54, 1.807) is 4.90 Å². The number of likely N-dealkylation sites (tertiary alicyclic amines) is 1. The van der Waals surface area contributed by atoms with Crippen molar-refractivity contribution in [2.75, 3.05) is 6.54 Å². The van der Waals surface area contributed by atoms with Crippen molar-refractivity contribution in [1.29, 1.82) is 0 Å². The van der Waals surface area contributed by atoms with Crippen LogP contribution in [0.2, 0.25) is 0 Å². The van der Waals surface area contributed by atoms with Crippen molar-refractivity contribution in [2.45, 2.75) is 38.5 Å². The molecule has 4 heteroatoms. The Morgan fingerprint density at radius 2 is 2.11 bits per heavy atom. The summed E-state index contributed by atoms with van der Waals surface area (Å²) in [4.78, 5) is 13.6. The molecular weight excluding hydrogens is 230 g/mol. The molecule has 1 aromatic rings. The monoisotopic (exact) mass is 249 g/mol. The van der Waals surface area contributed by atoms with Gasteiger partial charge in [-0.3, -0.25) is 0 Å². The van der Waals surface area contributed by atoms with Gasteiger partial charge in [-0.1, -0.05) is 30.3 Å². The molecule has 98 valence electrons. The molecule has 1 aliphatic heterocycles. The Bertz CT molecular complexity index is 416. The van der Waals surface area contributed by atoms with Crippen LogP contribution in [0.4, 0.5) is 4.79 Å². The average molecular weight is 249 g/mol. The molecule has 1 amide bonds. The molecule has 0 radical (unpaired) electrons. The van der Waals surface area contributed by atoms with Gasteiger partial charge in [0.05, 0.1) is 11.6 Å². The first kappa shape index (κ1) is 12.9. The van der Waals surface area contributed by atoms with Gasteiger partial charge in [0.2, 0.25) is 0 Å². The molecule has 18 heavy (non-hydrogen) atoms. The van der Waals surface area contributed by atoms with Crippen molar-refractivity contribution < 1.29 is 14.6 Å². The first-order valence-electron chi connectivity index (χ1n) is 6.18. The van der Waals surface area contributed by atoms with Gasteiger partial charge in [0, 0.05) is 6.54 Å². The van der Waals surface area contributed by atoms with Crippen LogP contribution in [-0.4, -0.2) is 34.3 Å². The maximum Gasteiger partial charge on any atom is 0.410 e. The molecule has 0 spiro atoms. The predicted octanol–water partition coefficient (Wildman–Crippen LogP) is 2.17. The minimum Gasteiger partial charge on any atom is -0.445 e. The normalized spacial score (nSPS) is 21.9. The Balaban J connectivity index is 1.93. The molecule has 1 atom stereocenters. The minimum absolute atomic E-state index is 0.266. The molecule has 1 fully saturated rings. The molecule has 0 aliphatic carbocycles. The Morgan fingerprint density at radius 1 is 1.44 bits per heavy atom. The summed E-state index contributed by atoms with van der Waals surface area (Å²) in [5, 5.41) is 9.81. The zero-order valence-corrected chi connectivity index (χ0v) is 10.8. The fraction of sp³-hybridized carbons (Fsp3) is 0.500. The number of rotatable bonds is 2. The molecule has 0 bridgehead atoms. The first-order valence-corrected chi connectivity index (χ1v) is 6.18. The summed E-state index contributed by atoms with van der Waals surface area (Å²) in [5.74, 6) is 0. The quantitative estimate of drug-likeness (QED) is 0.874. The zero-order chi connectivity index (χ0) is 13.2. The number of aliphatic hydroxyl groups excluding tert-OH is 1. The lowest BCUT2D eigenvalue weighted by atomic mass is 9.99. The number of carbonyl (C=O) groups excluding carboxylic acids is 1. The van der Waals surface area contributed by atoms with Crippen molar-refractivity contribution in [3.8, 4) is 0 Å². The van der Waals surface area contributed by atoms with Crippen LogP contribution in [0.3, 0.4) is 0 Å². The highest BCUT2D eigenvalue weighted by Crippen LogP contribution is 2.29. The molecule has 0 saturated carbocycles. The van der Waals surface area contributed by atoms with Crippen LogP contribution in [-0.2, 0) is 11.3 Å². The van der Waals surface area contributed by atoms with Crippen LogP contribution in [0.1, 0.15) is 25.8 Å². The lowest BCUT2D eigenvalue weighted by Gasteiger charge is -2.32. The SMILES string of the molecule is CC1(C)C(O)CCN1C(=O)OCc1ccccc1. The van der Waals surface area contributed by atoms with Gasteiger partial charge in [-0.05, 0) is 25.8 Å². The maximum atomic E-state index is 12.0. The third-order valence-corrected chi connectivity index (χ3v) is 3.56. The van der Waals surface area contributed by atoms with E-state index in [4.69, 9.17) is 4.74 Å². The van der Waals surface area contributed by atoms with Crippen LogP contribution in [0.25, 0.3) is 0 Å². The van der Waals surface area contributed by atoms with Crippen LogP contribution in [0, 0.1) is 0 Å². The van der Waals surface area contributed by atoms with Crippen LogP contribution < -0.4 is 0 Å². The van der Waals surface area contributed by atoms with E-state index in [0.717, 1.165) is 5.56 Å². The zero-order valence-electron chi connectivity index (χ0n) is 10.8. The van der Waals surface area contributed by atoms with Gasteiger partial charge in [0.25, 0.3) is 0 Å². The molecule has 1 N–H and O–H groups in total. The molecule has 1 aromatic carbocycles. The van der Waals surface area contributed by atoms with Crippen molar-refractivity contribution in [2.24, 2.45) is 0 Å². The summed E-state index contributed by atoms with van der Waals surface area (Å²) >= 11 is 0. The van der Waals surface area contributed by atoms with Gasteiger partial charge in [-0.25, -0.2) is 4.79 Å². The van der Waals surface area contributed by atoms with Crippen molar-refractivity contribution in [3.63, 3.8) is 0 Å². The molecule has 0 aromatic heterocycles. The predicted molar refractivity (Wildman–Crippen MR) is 68.0 cm³/mol. The van der Waals surface area contributed by atoms with E-state index >= 15 is 0 Å². The molecule has 1 unspecified atom stereocenters. The van der Waals surface area contributed by atoms with Crippen molar-refractivity contribution >= 4 is 6.09 Å². The Labute approximate surface area is 107 Å². The van der Waals surface area contributed by atoms with Gasteiger partial charge in [-0.15, -0.1) is 0 Å². The number of amides is 1. The fourth-order valence-corrected chi connectivity index (χ4v) is 2.20. The maximum absolute atomic E-state index is 12.0. The van der Waals surface area contributed by atoms with E-state index in [1.165, 1.54) is 0 Å². The number of carbonyl (C=O) groups is 1. The van der Waals surface area contributed by atoms with E-state index in [9.17, 15) is 9.90 Å². The van der Waals surface area contributed by atoms with Crippen molar-refractivity contribution in [1.82, 2.24) is 4.90 Å². The molecular formula is C14H19NO3. The smallest absolute Gasteiger partial charge is 0.410 e. The second kappa shape index (κ2) is 4.98. The second-order valence-electron chi connectivity index (χ2n) is 5.15. The molecule has 2 rings (SSSR count). The van der Waals surface area contributed by atoms with Crippen LogP contribution in [0.15, 0.2) is 30.3 Å². The summed E-state index contributed by atoms with van der Waals surface area (Å²) < 4.78 is 5.27. The second-order valence-corrected chi connectivity index (χ2v) is 5.15. The van der Waals surface area contributed by atoms with Gasteiger partial charge in [0.15, 0.2) is 0 Å². The lowest BCUT2D eigenvalue weighted by molar-refractivity contribution is 0.0355. The molecule has 1 saturated heterocycles. The summed E-state index contributed by atoms with van der Waals surface area (Å²) in [5.41, 5.74) is 0.414. The Kier molecular flexibility index (Phi) is 3.57. The molecule has 1 heterocycles. The topological polar surface area (TPSA) is 49.8 Å². The van der Waals surface area contributed by atoms with E-state index in [1.807, 2.05) is 44.2 Å². The number of hydrogen-bond donors (Lipinski definition) is 1. The summed E-state index contributed by atoms with van der Waals surface area (Å²) in [6.45, 7) is 4.52. The fourth-order valence-electron chi connectivity index (χ4n) is 2.20. The minimum atomic E-state index is -0.548. The van der Waals surface area contributed by atoms with Gasteiger partial charge >= 0.3 is 6.09 Å². The van der Waals surface area contributed by atoms with Crippen LogP contribution >= 0.6 is 0 Å². The number of ether oxygens (including phenoxy) is 1. The third-order valence-electron chi connectivity index (χ3n) is 3.56. The van der Waals surface area contributed by atoms with Gasteiger partial charge < -0.3 is 14.7 Å². The van der Waals surface area contributed by atoms with Gasteiger partial charge in [-0.2, -0.15) is 0 Å². The Hall–Kier alpha value is -1.55. The molecule has 4 nitrogen and oxygen atoms in total. The van der Waals surface area contributed by atoms with Crippen molar-refractivity contribution in [3.05, 3.63) is 35.9 Å². The average Bonchev–Trinajstić information content (AvgIpc) is 2.63. The van der Waals surface area contributed by atoms with E-state index < -0.39 is 11.6 Å². The standard InChI is InChI=1S/C14H19NO3/c1-14(2)12(16)8-9-15(14)13(17)18-10-11-6-4-3-5-7-11/h3-7,12,16H,8-10H2,1-2H3. The summed E-state index contributed by atoms with van der Waals surface area (Å²) in [6.07, 6.45) is -0.241. The summed E-state index contributed by atoms with van der Waals surface area (Å²) in [6, 6.07) is 9.57. The summed E-state index contributed by atoms with van der Waals surface area (Å²) in [7, 11) is 0. The molecule has 1 aliphatic rings. The highest BCUT2D eigenvalue weighted by atomic mass is 16.6. The lowest BCUT2D eigenvalue weighted by Crippen LogP contribution is -2.48. The van der Waals surface area contributed by atoms with E-state index in [-0.39, 0.29) is 12.7 Å². The number of benzene rings is 1. The highest BCUT2D eigenvalue weighted by molar-refractivity contribution is 5.69. The first-order chi connectivity index (χ1) is 8.51. The highest BCUT2D eigenvalue weighted by Gasteiger charge is 2.43. The van der Waals surface area contributed by atoms with Gasteiger partial charge in [0.1, 0.15) is 6.61 Å². The van der Waals surface area contributed by atoms with Crippen LogP contribution in [0.5, 0.6) is 0 Å². The largest absolute Gasteiger partial charge is 0.445 e. The van der Waals surface area contributed by atoms with E-state index in [0.29, 0.717) is 13.0 Å². The third kappa shape index (κ3) is 2.48. The number of nitrogens with zero attached hydrogens (tertiary/aromatic N) is 1. The number of aliphatic hydroxyl groups is 1. The van der Waals surface area contributed by atoms with E-state index in [2.05, 4.69) is 0 Å². The number of hydrogen-bond acceptors (Lipinski definition) is 3.